The predicted octanol–water partition coefficient (Wildman–Crippen LogP) is -0.378. The summed E-state index contributed by atoms with van der Waals surface area (Å²) in [7, 11) is 1.51. The molecule has 3 N–H and O–H groups in total. The van der Waals surface area contributed by atoms with Crippen LogP contribution in [0, 0.1) is 0 Å². The summed E-state index contributed by atoms with van der Waals surface area (Å²) in [5, 5.41) is 30.1. The van der Waals surface area contributed by atoms with Crippen LogP contribution in [0.5, 0.6) is 5.75 Å². The van der Waals surface area contributed by atoms with Gasteiger partial charge in [-0.3, -0.25) is 9.36 Å². The molecule has 0 radical (unpaired) electrons. The SMILES string of the molecule is COc1ccc2ccn([C@@H]3O[C@H](CO)[C@@H](O)[C@@H]3O)c(=O)c2c1. The van der Waals surface area contributed by atoms with Gasteiger partial charge in [-0.1, -0.05) is 6.07 Å². The molecule has 1 aliphatic rings. The Morgan fingerprint density at radius 1 is 1.27 bits per heavy atom. The van der Waals surface area contributed by atoms with E-state index in [4.69, 9.17) is 14.6 Å². The third kappa shape index (κ3) is 2.28. The van der Waals surface area contributed by atoms with Gasteiger partial charge in [-0.15, -0.1) is 0 Å². The summed E-state index contributed by atoms with van der Waals surface area (Å²) in [5.41, 5.74) is -0.369. The number of hydrogen-bond donors (Lipinski definition) is 3. The third-order valence-electron chi connectivity index (χ3n) is 3.93. The molecule has 7 nitrogen and oxygen atoms in total. The molecule has 0 spiro atoms. The smallest absolute Gasteiger partial charge is 0.260 e. The molecule has 0 aliphatic carbocycles. The summed E-state index contributed by atoms with van der Waals surface area (Å²) in [6.45, 7) is -0.440. The van der Waals surface area contributed by atoms with E-state index in [1.807, 2.05) is 0 Å². The van der Waals surface area contributed by atoms with Crippen molar-refractivity contribution in [1.82, 2.24) is 4.57 Å². The van der Waals surface area contributed by atoms with Gasteiger partial charge in [0.1, 0.15) is 24.1 Å². The number of aromatic nitrogens is 1. The minimum Gasteiger partial charge on any atom is -0.497 e. The minimum atomic E-state index is -1.29. The van der Waals surface area contributed by atoms with E-state index >= 15 is 0 Å². The molecule has 7 heteroatoms. The van der Waals surface area contributed by atoms with Crippen LogP contribution in [0.15, 0.2) is 35.3 Å². The number of rotatable bonds is 3. The van der Waals surface area contributed by atoms with Crippen molar-refractivity contribution in [3.05, 3.63) is 40.8 Å². The highest BCUT2D eigenvalue weighted by Gasteiger charge is 2.43. The molecule has 22 heavy (non-hydrogen) atoms. The number of fused-ring (bicyclic) bond motifs is 1. The van der Waals surface area contributed by atoms with Gasteiger partial charge >= 0.3 is 0 Å². The van der Waals surface area contributed by atoms with Crippen molar-refractivity contribution in [3.63, 3.8) is 0 Å². The Bertz CT molecular complexity index is 742. The molecule has 118 valence electrons. The number of hydrogen-bond acceptors (Lipinski definition) is 6. The summed E-state index contributed by atoms with van der Waals surface area (Å²) in [6, 6.07) is 6.83. The molecule has 2 heterocycles. The Morgan fingerprint density at radius 2 is 2.05 bits per heavy atom. The van der Waals surface area contributed by atoms with E-state index < -0.39 is 31.1 Å². The van der Waals surface area contributed by atoms with Gasteiger partial charge in [-0.25, -0.2) is 0 Å². The van der Waals surface area contributed by atoms with E-state index in [0.717, 1.165) is 5.39 Å². The van der Waals surface area contributed by atoms with E-state index in [1.54, 1.807) is 24.3 Å². The van der Waals surface area contributed by atoms with Crippen molar-refractivity contribution < 1.29 is 24.8 Å². The zero-order valence-corrected chi connectivity index (χ0v) is 11.9. The highest BCUT2D eigenvalue weighted by atomic mass is 16.6. The molecule has 0 unspecified atom stereocenters. The predicted molar refractivity (Wildman–Crippen MR) is 77.8 cm³/mol. The highest BCUT2D eigenvalue weighted by molar-refractivity contribution is 5.82. The first-order valence-corrected chi connectivity index (χ1v) is 6.88. The number of aliphatic hydroxyl groups is 3. The van der Waals surface area contributed by atoms with Crippen molar-refractivity contribution in [3.8, 4) is 5.75 Å². The monoisotopic (exact) mass is 307 g/mol. The van der Waals surface area contributed by atoms with E-state index in [0.29, 0.717) is 11.1 Å². The first-order chi connectivity index (χ1) is 10.6. The number of nitrogens with zero attached hydrogens (tertiary/aromatic N) is 1. The van der Waals surface area contributed by atoms with Gasteiger partial charge in [0.05, 0.1) is 19.1 Å². The molecule has 1 aliphatic heterocycles. The summed E-state index contributed by atoms with van der Waals surface area (Å²) in [5.74, 6) is 0.545. The standard InChI is InChI=1S/C15H17NO6/c1-21-9-3-2-8-4-5-16(14(20)10(8)6-9)15-13(19)12(18)11(7-17)22-15/h2-6,11-13,15,17-19H,7H2,1H3/t11-,12-,13+,15-/m1/s1. The lowest BCUT2D eigenvalue weighted by molar-refractivity contribution is -0.0541. The van der Waals surface area contributed by atoms with Crippen LogP contribution in [0.2, 0.25) is 0 Å². The third-order valence-corrected chi connectivity index (χ3v) is 3.93. The number of benzene rings is 1. The maximum absolute atomic E-state index is 12.6. The van der Waals surface area contributed by atoms with Gasteiger partial charge in [-0.2, -0.15) is 0 Å². The molecule has 4 atom stereocenters. The van der Waals surface area contributed by atoms with Crippen LogP contribution in [-0.2, 0) is 4.74 Å². The van der Waals surface area contributed by atoms with Crippen LogP contribution in [0.3, 0.4) is 0 Å². The van der Waals surface area contributed by atoms with Crippen molar-refractivity contribution >= 4 is 10.8 Å². The second-order valence-corrected chi connectivity index (χ2v) is 5.21. The summed E-state index contributed by atoms with van der Waals surface area (Å²) >= 11 is 0. The number of ether oxygens (including phenoxy) is 2. The second-order valence-electron chi connectivity index (χ2n) is 5.21. The Morgan fingerprint density at radius 3 is 2.68 bits per heavy atom. The lowest BCUT2D eigenvalue weighted by Crippen LogP contribution is -2.35. The second kappa shape index (κ2) is 5.69. The zero-order valence-electron chi connectivity index (χ0n) is 11.9. The number of aliphatic hydroxyl groups excluding tert-OH is 3. The maximum Gasteiger partial charge on any atom is 0.260 e. The van der Waals surface area contributed by atoms with Crippen molar-refractivity contribution in [2.45, 2.75) is 24.5 Å². The fourth-order valence-electron chi connectivity index (χ4n) is 2.67. The average molecular weight is 307 g/mol. The topological polar surface area (TPSA) is 101 Å². The van der Waals surface area contributed by atoms with Crippen molar-refractivity contribution in [2.75, 3.05) is 13.7 Å². The Hall–Kier alpha value is -1.93. The Balaban J connectivity index is 2.08. The molecule has 0 amide bonds. The molecule has 2 aromatic rings. The van der Waals surface area contributed by atoms with Gasteiger partial charge in [0.15, 0.2) is 6.23 Å². The number of methoxy groups -OCH3 is 1. The van der Waals surface area contributed by atoms with Gasteiger partial charge in [-0.05, 0) is 23.6 Å². The van der Waals surface area contributed by atoms with Gasteiger partial charge < -0.3 is 24.8 Å². The number of pyridine rings is 1. The minimum absolute atomic E-state index is 0.369. The zero-order chi connectivity index (χ0) is 15.9. The molecule has 0 bridgehead atoms. The molecule has 1 aromatic heterocycles. The lowest BCUT2D eigenvalue weighted by atomic mass is 10.1. The van der Waals surface area contributed by atoms with Crippen LogP contribution in [-0.4, -0.2) is 51.9 Å². The first kappa shape index (κ1) is 15.0. The summed E-state index contributed by atoms with van der Waals surface area (Å²) in [6.07, 6.45) is -3.01. The highest BCUT2D eigenvalue weighted by Crippen LogP contribution is 2.29. The lowest BCUT2D eigenvalue weighted by Gasteiger charge is -2.18. The van der Waals surface area contributed by atoms with Gasteiger partial charge in [0.25, 0.3) is 5.56 Å². The molecule has 0 saturated carbocycles. The van der Waals surface area contributed by atoms with Crippen LogP contribution in [0.4, 0.5) is 0 Å². The Kier molecular flexibility index (Phi) is 3.88. The van der Waals surface area contributed by atoms with Gasteiger partial charge in [0.2, 0.25) is 0 Å². The normalized spacial score (nSPS) is 28.2. The van der Waals surface area contributed by atoms with E-state index in [1.165, 1.54) is 17.9 Å². The molecule has 1 aromatic carbocycles. The van der Waals surface area contributed by atoms with Crippen LogP contribution in [0.1, 0.15) is 6.23 Å². The molecule has 1 saturated heterocycles. The van der Waals surface area contributed by atoms with Crippen LogP contribution in [0.25, 0.3) is 10.8 Å². The first-order valence-electron chi connectivity index (χ1n) is 6.88. The average Bonchev–Trinajstić information content (AvgIpc) is 2.83. The van der Waals surface area contributed by atoms with Gasteiger partial charge in [0, 0.05) is 6.20 Å². The van der Waals surface area contributed by atoms with Crippen LogP contribution < -0.4 is 10.3 Å². The van der Waals surface area contributed by atoms with E-state index in [-0.39, 0.29) is 5.56 Å². The molecular weight excluding hydrogens is 290 g/mol. The molecule has 3 rings (SSSR count). The summed E-state index contributed by atoms with van der Waals surface area (Å²) < 4.78 is 11.7. The van der Waals surface area contributed by atoms with E-state index in [2.05, 4.69) is 0 Å². The quantitative estimate of drug-likeness (QED) is 0.715. The van der Waals surface area contributed by atoms with Crippen LogP contribution >= 0.6 is 0 Å². The van der Waals surface area contributed by atoms with E-state index in [9.17, 15) is 15.0 Å². The largest absolute Gasteiger partial charge is 0.497 e. The summed E-state index contributed by atoms with van der Waals surface area (Å²) in [4.78, 5) is 12.6. The fourth-order valence-corrected chi connectivity index (χ4v) is 2.67. The maximum atomic E-state index is 12.6. The Labute approximate surface area is 125 Å². The van der Waals surface area contributed by atoms with Crippen molar-refractivity contribution in [1.29, 1.82) is 0 Å². The molecule has 1 fully saturated rings. The fraction of sp³-hybridized carbons (Fsp3) is 0.400. The van der Waals surface area contributed by atoms with Crippen molar-refractivity contribution in [2.24, 2.45) is 0 Å². The molecular formula is C15H17NO6.